The molecule has 6 heteroatoms. The van der Waals surface area contributed by atoms with Crippen LogP contribution in [0.25, 0.3) is 0 Å². The molecule has 0 spiro atoms. The van der Waals surface area contributed by atoms with E-state index in [2.05, 4.69) is 5.92 Å². The number of carboxylic acid groups (broad SMARTS) is 1. The van der Waals surface area contributed by atoms with Crippen LogP contribution in [0.5, 0.6) is 0 Å². The number of alkyl halides is 3. The zero-order chi connectivity index (χ0) is 13.5. The Morgan fingerprint density at radius 2 is 1.76 bits per heavy atom. The number of hydrogen-bond donors (Lipinski definition) is 2. The molecule has 0 heterocycles. The van der Waals surface area contributed by atoms with Crippen LogP contribution in [0.3, 0.4) is 0 Å². The third-order valence-corrected chi connectivity index (χ3v) is 1.60. The van der Waals surface area contributed by atoms with Crippen LogP contribution < -0.4 is 5.73 Å². The molecule has 0 saturated heterocycles. The van der Waals surface area contributed by atoms with Crippen LogP contribution in [0, 0.1) is 12.3 Å². The molecule has 1 rings (SSSR count). The largest absolute Gasteiger partial charge is 0.490 e. The van der Waals surface area contributed by atoms with Gasteiger partial charge in [-0.2, -0.15) is 13.2 Å². The highest BCUT2D eigenvalue weighted by Gasteiger charge is 2.38. The molecule has 0 aromatic heterocycles. The van der Waals surface area contributed by atoms with Gasteiger partial charge in [-0.25, -0.2) is 4.79 Å². The number of hydrogen-bond acceptors (Lipinski definition) is 2. The molecule has 0 atom stereocenters. The maximum atomic E-state index is 10.6. The number of carbonyl (C=O) groups is 1. The first kappa shape index (κ1) is 15.0. The lowest BCUT2D eigenvalue weighted by molar-refractivity contribution is -0.192. The Bertz CT molecular complexity index is 404. The highest BCUT2D eigenvalue weighted by molar-refractivity contribution is 5.73. The van der Waals surface area contributed by atoms with E-state index >= 15 is 0 Å². The molecular formula is C11H10F3NO2. The quantitative estimate of drug-likeness (QED) is 0.741. The summed E-state index contributed by atoms with van der Waals surface area (Å²) in [5.41, 5.74) is 7.40. The lowest BCUT2D eigenvalue weighted by atomic mass is 10.1. The molecule has 0 unspecified atom stereocenters. The van der Waals surface area contributed by atoms with E-state index in [9.17, 15) is 13.2 Å². The predicted octanol–water partition coefficient (Wildman–Crippen LogP) is 1.76. The fourth-order valence-corrected chi connectivity index (χ4v) is 0.737. The number of rotatable bonds is 1. The summed E-state index contributed by atoms with van der Waals surface area (Å²) in [6, 6.07) is 7.66. The number of carboxylic acids is 1. The number of aliphatic carboxylic acids is 1. The summed E-state index contributed by atoms with van der Waals surface area (Å²) in [7, 11) is 0. The Morgan fingerprint density at radius 3 is 2.00 bits per heavy atom. The minimum atomic E-state index is -5.08. The monoisotopic (exact) mass is 245 g/mol. The van der Waals surface area contributed by atoms with Gasteiger partial charge in [0.15, 0.2) is 0 Å². The first-order valence-electron chi connectivity index (χ1n) is 4.37. The van der Waals surface area contributed by atoms with E-state index in [-0.39, 0.29) is 0 Å². The van der Waals surface area contributed by atoms with Gasteiger partial charge in [-0.05, 0) is 17.7 Å². The number of benzene rings is 1. The molecule has 0 bridgehead atoms. The van der Waals surface area contributed by atoms with Gasteiger partial charge in [-0.1, -0.05) is 18.1 Å². The van der Waals surface area contributed by atoms with Gasteiger partial charge in [0.05, 0.1) is 0 Å². The van der Waals surface area contributed by atoms with Gasteiger partial charge in [0.25, 0.3) is 0 Å². The van der Waals surface area contributed by atoms with Crippen molar-refractivity contribution in [3.8, 4) is 12.3 Å². The van der Waals surface area contributed by atoms with Crippen molar-refractivity contribution in [1.82, 2.24) is 0 Å². The second kappa shape index (κ2) is 6.55. The average Bonchev–Trinajstić information content (AvgIpc) is 2.28. The molecule has 0 aliphatic heterocycles. The van der Waals surface area contributed by atoms with Gasteiger partial charge in [-0.15, -0.1) is 6.42 Å². The highest BCUT2D eigenvalue weighted by atomic mass is 19.4. The SMILES string of the molecule is C#Cc1ccc(CN)cc1.O=C(O)C(F)(F)F. The van der Waals surface area contributed by atoms with Crippen LogP contribution in [-0.4, -0.2) is 17.3 Å². The maximum absolute atomic E-state index is 10.6. The fourth-order valence-electron chi connectivity index (χ4n) is 0.737. The van der Waals surface area contributed by atoms with E-state index in [1.807, 2.05) is 24.3 Å². The van der Waals surface area contributed by atoms with Gasteiger partial charge in [0.2, 0.25) is 0 Å². The van der Waals surface area contributed by atoms with Crippen LogP contribution in [0.4, 0.5) is 13.2 Å². The zero-order valence-corrected chi connectivity index (χ0v) is 8.66. The summed E-state index contributed by atoms with van der Waals surface area (Å²) < 4.78 is 31.7. The summed E-state index contributed by atoms with van der Waals surface area (Å²) >= 11 is 0. The van der Waals surface area contributed by atoms with Crippen molar-refractivity contribution in [3.63, 3.8) is 0 Å². The van der Waals surface area contributed by atoms with Crippen molar-refractivity contribution in [2.24, 2.45) is 5.73 Å². The topological polar surface area (TPSA) is 63.3 Å². The molecule has 0 aliphatic rings. The van der Waals surface area contributed by atoms with Crippen LogP contribution in [0.1, 0.15) is 11.1 Å². The lowest BCUT2D eigenvalue weighted by Crippen LogP contribution is -2.21. The van der Waals surface area contributed by atoms with Crippen LogP contribution >= 0.6 is 0 Å². The van der Waals surface area contributed by atoms with Crippen molar-refractivity contribution in [2.75, 3.05) is 0 Å². The third kappa shape index (κ3) is 6.22. The molecular weight excluding hydrogens is 235 g/mol. The Labute approximate surface area is 96.1 Å². The number of halogens is 3. The molecule has 92 valence electrons. The lowest BCUT2D eigenvalue weighted by Gasteiger charge is -1.94. The van der Waals surface area contributed by atoms with E-state index in [4.69, 9.17) is 22.1 Å². The Hall–Kier alpha value is -2.00. The van der Waals surface area contributed by atoms with Crippen molar-refractivity contribution < 1.29 is 23.1 Å². The van der Waals surface area contributed by atoms with Crippen molar-refractivity contribution in [2.45, 2.75) is 12.7 Å². The second-order valence-electron chi connectivity index (χ2n) is 2.85. The molecule has 0 radical (unpaired) electrons. The van der Waals surface area contributed by atoms with Crippen molar-refractivity contribution in [1.29, 1.82) is 0 Å². The second-order valence-corrected chi connectivity index (χ2v) is 2.85. The molecule has 1 aromatic carbocycles. The van der Waals surface area contributed by atoms with Crippen LogP contribution in [-0.2, 0) is 11.3 Å². The maximum Gasteiger partial charge on any atom is 0.490 e. The zero-order valence-electron chi connectivity index (χ0n) is 8.66. The molecule has 0 aliphatic carbocycles. The first-order chi connectivity index (χ1) is 7.81. The van der Waals surface area contributed by atoms with E-state index in [1.165, 1.54) is 0 Å². The van der Waals surface area contributed by atoms with E-state index in [0.717, 1.165) is 11.1 Å². The summed E-state index contributed by atoms with van der Waals surface area (Å²) in [6.07, 6.45) is 0.0768. The average molecular weight is 245 g/mol. The van der Waals surface area contributed by atoms with Gasteiger partial charge in [0, 0.05) is 12.1 Å². The Balaban J connectivity index is 0.000000325. The van der Waals surface area contributed by atoms with Gasteiger partial charge in [0.1, 0.15) is 0 Å². The van der Waals surface area contributed by atoms with E-state index in [1.54, 1.807) is 0 Å². The number of terminal acetylenes is 1. The Kier molecular flexibility index (Phi) is 5.78. The van der Waals surface area contributed by atoms with E-state index in [0.29, 0.717) is 6.54 Å². The molecule has 3 N–H and O–H groups in total. The van der Waals surface area contributed by atoms with Gasteiger partial charge >= 0.3 is 12.1 Å². The Morgan fingerprint density at radius 1 is 1.35 bits per heavy atom. The molecule has 17 heavy (non-hydrogen) atoms. The smallest absolute Gasteiger partial charge is 0.475 e. The highest BCUT2D eigenvalue weighted by Crippen LogP contribution is 2.13. The van der Waals surface area contributed by atoms with Crippen molar-refractivity contribution in [3.05, 3.63) is 35.4 Å². The fraction of sp³-hybridized carbons (Fsp3) is 0.182. The summed E-state index contributed by atoms with van der Waals surface area (Å²) in [4.78, 5) is 8.90. The third-order valence-electron chi connectivity index (χ3n) is 1.60. The molecule has 0 fully saturated rings. The molecule has 1 aromatic rings. The molecule has 0 saturated carbocycles. The number of nitrogens with two attached hydrogens (primary N) is 1. The van der Waals surface area contributed by atoms with Gasteiger partial charge in [-0.3, -0.25) is 0 Å². The van der Waals surface area contributed by atoms with Crippen molar-refractivity contribution >= 4 is 5.97 Å². The minimum absolute atomic E-state index is 0.574. The molecule has 3 nitrogen and oxygen atoms in total. The summed E-state index contributed by atoms with van der Waals surface area (Å²) in [5, 5.41) is 7.12. The summed E-state index contributed by atoms with van der Waals surface area (Å²) in [6.45, 7) is 0.574. The van der Waals surface area contributed by atoms with E-state index < -0.39 is 12.1 Å². The first-order valence-corrected chi connectivity index (χ1v) is 4.37. The van der Waals surface area contributed by atoms with Gasteiger partial charge < -0.3 is 10.8 Å². The summed E-state index contributed by atoms with van der Waals surface area (Å²) in [5.74, 6) is -0.220. The van der Waals surface area contributed by atoms with Crippen LogP contribution in [0.2, 0.25) is 0 Å². The predicted molar refractivity (Wildman–Crippen MR) is 56.0 cm³/mol. The normalized spacial score (nSPS) is 9.82. The molecule has 0 amide bonds. The standard InChI is InChI=1S/C9H9N.C2HF3O2/c1-2-8-3-5-9(7-10)6-4-8;3-2(4,5)1(6)7/h1,3-6H,7,10H2;(H,6,7). The minimum Gasteiger partial charge on any atom is -0.475 e. The van der Waals surface area contributed by atoms with Crippen LogP contribution in [0.15, 0.2) is 24.3 Å².